The largest absolute Gasteiger partial charge is 0.494 e. The molecule has 2 heterocycles. The number of ether oxygens (including phenoxy) is 1. The third-order valence-electron chi connectivity index (χ3n) is 5.08. The number of furan rings is 1. The summed E-state index contributed by atoms with van der Waals surface area (Å²) in [6.45, 7) is 4.65. The molecule has 158 valence electrons. The summed E-state index contributed by atoms with van der Waals surface area (Å²) in [6, 6.07) is 6.74. The summed E-state index contributed by atoms with van der Waals surface area (Å²) >= 11 is 0. The molecule has 0 atom stereocenters. The minimum Gasteiger partial charge on any atom is -0.494 e. The zero-order valence-electron chi connectivity index (χ0n) is 16.3. The molecule has 1 aliphatic rings. The number of hydrogen-bond donors (Lipinski definition) is 1. The van der Waals surface area contributed by atoms with Gasteiger partial charge in [0, 0.05) is 25.7 Å². The molecule has 0 radical (unpaired) electrons. The van der Waals surface area contributed by atoms with Crippen LogP contribution in [0.1, 0.15) is 40.9 Å². The van der Waals surface area contributed by atoms with Gasteiger partial charge in [-0.1, -0.05) is 6.07 Å². The first-order valence-corrected chi connectivity index (χ1v) is 9.70. The third-order valence-corrected chi connectivity index (χ3v) is 5.08. The van der Waals surface area contributed by atoms with Crippen LogP contribution in [0, 0.1) is 6.92 Å². The van der Waals surface area contributed by atoms with Crippen molar-refractivity contribution < 1.29 is 27.1 Å². The highest BCUT2D eigenvalue weighted by Crippen LogP contribution is 2.31. The molecule has 1 N–H and O–H groups in total. The lowest BCUT2D eigenvalue weighted by molar-refractivity contribution is -0.137. The van der Waals surface area contributed by atoms with Crippen LogP contribution in [0.3, 0.4) is 0 Å². The number of carbonyl (C=O) groups is 1. The summed E-state index contributed by atoms with van der Waals surface area (Å²) < 4.78 is 48.8. The molecule has 5 nitrogen and oxygen atoms in total. The smallest absolute Gasteiger partial charge is 0.416 e. The molecule has 2 aromatic rings. The van der Waals surface area contributed by atoms with Crippen LogP contribution in [-0.2, 0) is 6.18 Å². The van der Waals surface area contributed by atoms with Gasteiger partial charge in [-0.25, -0.2) is 0 Å². The van der Waals surface area contributed by atoms with Gasteiger partial charge in [0.1, 0.15) is 11.5 Å². The summed E-state index contributed by atoms with van der Waals surface area (Å²) in [6.07, 6.45) is -0.417. The van der Waals surface area contributed by atoms with Crippen LogP contribution in [0.25, 0.3) is 0 Å². The molecule has 0 spiro atoms. The summed E-state index contributed by atoms with van der Waals surface area (Å²) in [5, 5.41) is 3.05. The molecule has 0 saturated carbocycles. The molecule has 1 aromatic carbocycles. The highest BCUT2D eigenvalue weighted by atomic mass is 19.4. The Labute approximate surface area is 167 Å². The van der Waals surface area contributed by atoms with Crippen molar-refractivity contribution in [2.45, 2.75) is 38.4 Å². The summed E-state index contributed by atoms with van der Waals surface area (Å²) in [7, 11) is 0. The van der Waals surface area contributed by atoms with E-state index in [1.807, 2.05) is 0 Å². The van der Waals surface area contributed by atoms with Crippen LogP contribution in [0.4, 0.5) is 13.2 Å². The predicted octanol–water partition coefficient (Wildman–Crippen LogP) is 4.27. The quantitative estimate of drug-likeness (QED) is 0.693. The average Bonchev–Trinajstić information content (AvgIpc) is 3.12. The maximum Gasteiger partial charge on any atom is 0.416 e. The average molecular weight is 410 g/mol. The second kappa shape index (κ2) is 9.35. The first kappa shape index (κ1) is 21.2. The van der Waals surface area contributed by atoms with Gasteiger partial charge in [0.15, 0.2) is 0 Å². The van der Waals surface area contributed by atoms with Crippen LogP contribution in [0.5, 0.6) is 5.75 Å². The zero-order valence-corrected chi connectivity index (χ0v) is 16.3. The summed E-state index contributed by atoms with van der Waals surface area (Å²) in [5.74, 6) is 0.737. The van der Waals surface area contributed by atoms with E-state index >= 15 is 0 Å². The Morgan fingerprint density at radius 3 is 2.69 bits per heavy atom. The minimum absolute atomic E-state index is 0.107. The van der Waals surface area contributed by atoms with E-state index in [2.05, 4.69) is 10.2 Å². The third kappa shape index (κ3) is 6.00. The minimum atomic E-state index is -4.37. The number of rotatable bonds is 7. The molecule has 1 saturated heterocycles. The fourth-order valence-electron chi connectivity index (χ4n) is 3.42. The highest BCUT2D eigenvalue weighted by molar-refractivity contribution is 5.95. The Kier molecular flexibility index (Phi) is 6.84. The van der Waals surface area contributed by atoms with Crippen molar-refractivity contribution >= 4 is 5.91 Å². The van der Waals surface area contributed by atoms with Gasteiger partial charge in [0.25, 0.3) is 5.91 Å². The monoisotopic (exact) mass is 410 g/mol. The van der Waals surface area contributed by atoms with Gasteiger partial charge >= 0.3 is 6.18 Å². The van der Waals surface area contributed by atoms with Crippen molar-refractivity contribution in [1.82, 2.24) is 10.2 Å². The lowest BCUT2D eigenvalue weighted by atomic mass is 10.0. The number of benzene rings is 1. The maximum absolute atomic E-state index is 12.7. The van der Waals surface area contributed by atoms with E-state index in [9.17, 15) is 18.0 Å². The number of nitrogens with one attached hydrogen (secondary N) is 1. The van der Waals surface area contributed by atoms with E-state index in [1.165, 1.54) is 18.4 Å². The lowest BCUT2D eigenvalue weighted by Gasteiger charge is -2.32. The second-order valence-corrected chi connectivity index (χ2v) is 7.21. The Balaban J connectivity index is 1.34. The number of amides is 1. The topological polar surface area (TPSA) is 54.7 Å². The van der Waals surface area contributed by atoms with E-state index in [0.717, 1.165) is 51.0 Å². The van der Waals surface area contributed by atoms with Gasteiger partial charge in [0.2, 0.25) is 0 Å². The molecule has 0 unspecified atom stereocenters. The summed E-state index contributed by atoms with van der Waals surface area (Å²) in [5.41, 5.74) is -0.135. The number of likely N-dealkylation sites (tertiary alicyclic amines) is 1. The Morgan fingerprint density at radius 2 is 2.03 bits per heavy atom. The predicted molar refractivity (Wildman–Crippen MR) is 102 cm³/mol. The summed E-state index contributed by atoms with van der Waals surface area (Å²) in [4.78, 5) is 14.5. The Bertz CT molecular complexity index is 811. The molecule has 29 heavy (non-hydrogen) atoms. The van der Waals surface area contributed by atoms with E-state index in [-0.39, 0.29) is 17.7 Å². The van der Waals surface area contributed by atoms with Crippen LogP contribution in [0.2, 0.25) is 0 Å². The van der Waals surface area contributed by atoms with Crippen molar-refractivity contribution in [1.29, 1.82) is 0 Å². The highest BCUT2D eigenvalue weighted by Gasteiger charge is 2.30. The van der Waals surface area contributed by atoms with Crippen LogP contribution in [0.15, 0.2) is 41.0 Å². The zero-order chi connectivity index (χ0) is 20.9. The molecule has 0 aliphatic carbocycles. The maximum atomic E-state index is 12.7. The van der Waals surface area contributed by atoms with Crippen LogP contribution in [-0.4, -0.2) is 43.1 Å². The number of halogens is 3. The number of alkyl halides is 3. The molecular weight excluding hydrogens is 385 g/mol. The van der Waals surface area contributed by atoms with Crippen molar-refractivity contribution in [2.75, 3.05) is 26.2 Å². The number of carbonyl (C=O) groups excluding carboxylic acids is 1. The Morgan fingerprint density at radius 1 is 1.28 bits per heavy atom. The molecule has 3 rings (SSSR count). The molecule has 1 aliphatic heterocycles. The molecule has 1 aromatic heterocycles. The van der Waals surface area contributed by atoms with Crippen molar-refractivity contribution in [2.24, 2.45) is 0 Å². The number of aryl methyl sites for hydroxylation is 1. The van der Waals surface area contributed by atoms with Crippen LogP contribution < -0.4 is 10.1 Å². The van der Waals surface area contributed by atoms with E-state index < -0.39 is 11.7 Å². The standard InChI is InChI=1S/C21H25F3N2O3/c1-15-19(8-13-28-15)20(27)25-17-6-10-26(11-7-17)9-3-12-29-18-5-2-4-16(14-18)21(22,23)24/h2,4-5,8,13-14,17H,3,6-7,9-12H2,1H3,(H,25,27). The van der Waals surface area contributed by atoms with Gasteiger partial charge in [-0.3, -0.25) is 4.79 Å². The molecule has 1 fully saturated rings. The van der Waals surface area contributed by atoms with Crippen molar-refractivity contribution in [3.63, 3.8) is 0 Å². The van der Waals surface area contributed by atoms with Gasteiger partial charge in [-0.2, -0.15) is 13.2 Å². The molecule has 1 amide bonds. The fraction of sp³-hybridized carbons (Fsp3) is 0.476. The fourth-order valence-corrected chi connectivity index (χ4v) is 3.42. The van der Waals surface area contributed by atoms with Crippen LogP contribution >= 0.6 is 0 Å². The molecular formula is C21H25F3N2O3. The van der Waals surface area contributed by atoms with E-state index in [0.29, 0.717) is 17.9 Å². The number of piperidine rings is 1. The lowest BCUT2D eigenvalue weighted by Crippen LogP contribution is -2.45. The first-order valence-electron chi connectivity index (χ1n) is 9.70. The van der Waals surface area contributed by atoms with Gasteiger partial charge in [-0.15, -0.1) is 0 Å². The van der Waals surface area contributed by atoms with Gasteiger partial charge in [-0.05, 0) is 50.5 Å². The number of nitrogens with zero attached hydrogens (tertiary/aromatic N) is 1. The Hall–Kier alpha value is -2.48. The molecule has 0 bridgehead atoms. The van der Waals surface area contributed by atoms with E-state index in [1.54, 1.807) is 13.0 Å². The van der Waals surface area contributed by atoms with Gasteiger partial charge < -0.3 is 19.4 Å². The van der Waals surface area contributed by atoms with Crippen molar-refractivity contribution in [3.8, 4) is 5.75 Å². The van der Waals surface area contributed by atoms with E-state index in [4.69, 9.17) is 9.15 Å². The first-order chi connectivity index (χ1) is 13.8. The molecule has 8 heteroatoms. The normalized spacial score (nSPS) is 16.0. The van der Waals surface area contributed by atoms with Gasteiger partial charge in [0.05, 0.1) is 24.0 Å². The van der Waals surface area contributed by atoms with Crippen molar-refractivity contribution in [3.05, 3.63) is 53.5 Å². The number of hydrogen-bond acceptors (Lipinski definition) is 4. The second-order valence-electron chi connectivity index (χ2n) is 7.21. The SMILES string of the molecule is Cc1occc1C(=O)NC1CCN(CCCOc2cccc(C(F)(F)F)c2)CC1.